The molecule has 1 aliphatic carbocycles. The van der Waals surface area contributed by atoms with Crippen molar-refractivity contribution in [3.05, 3.63) is 46.9 Å². The van der Waals surface area contributed by atoms with Crippen LogP contribution in [-0.2, 0) is 0 Å². The first-order valence-electron chi connectivity index (χ1n) is 11.5. The monoisotopic (exact) mass is 481 g/mol. The minimum absolute atomic E-state index is 0.0297. The number of pyridine rings is 2. The third-order valence-corrected chi connectivity index (χ3v) is 7.25. The molecule has 3 aromatic heterocycles. The van der Waals surface area contributed by atoms with E-state index in [-0.39, 0.29) is 30.3 Å². The molecule has 3 aromatic rings. The quantitative estimate of drug-likeness (QED) is 0.328. The Kier molecular flexibility index (Phi) is 7.40. The lowest BCUT2D eigenvalue weighted by molar-refractivity contribution is 0.0996. The van der Waals surface area contributed by atoms with E-state index in [1.165, 1.54) is 11.3 Å². The molecule has 180 valence electrons. The molecule has 1 unspecified atom stereocenters. The SMILES string of the molecule is Cc1cc(Nc2cc(N[C@@H]3CCCC[C@@H]3N)cnc2C(N)=O)nc(-c2cnc(C(C)CO)s2)c1. The molecule has 1 amide bonds. The molecule has 3 heterocycles. The van der Waals surface area contributed by atoms with Gasteiger partial charge in [0.05, 0.1) is 39.8 Å². The Labute approximate surface area is 203 Å². The van der Waals surface area contributed by atoms with Crippen LogP contribution in [0.5, 0.6) is 0 Å². The van der Waals surface area contributed by atoms with Crippen LogP contribution >= 0.6 is 11.3 Å². The maximum absolute atomic E-state index is 12.0. The molecule has 4 rings (SSSR count). The van der Waals surface area contributed by atoms with Crippen LogP contribution in [0.2, 0.25) is 0 Å². The number of aliphatic hydroxyl groups excluding tert-OH is 1. The number of aryl methyl sites for hydroxylation is 1. The summed E-state index contributed by atoms with van der Waals surface area (Å²) < 4.78 is 0. The molecule has 0 spiro atoms. The van der Waals surface area contributed by atoms with E-state index in [4.69, 9.17) is 16.5 Å². The Bertz CT molecular complexity index is 1170. The van der Waals surface area contributed by atoms with Gasteiger partial charge < -0.3 is 27.2 Å². The molecule has 0 radical (unpaired) electrons. The van der Waals surface area contributed by atoms with E-state index in [1.54, 1.807) is 12.4 Å². The first kappa shape index (κ1) is 24.1. The number of hydrogen-bond acceptors (Lipinski definition) is 9. The highest BCUT2D eigenvalue weighted by Crippen LogP contribution is 2.31. The zero-order valence-electron chi connectivity index (χ0n) is 19.4. The zero-order chi connectivity index (χ0) is 24.2. The van der Waals surface area contributed by atoms with Crippen molar-refractivity contribution < 1.29 is 9.90 Å². The van der Waals surface area contributed by atoms with Gasteiger partial charge in [-0.2, -0.15) is 0 Å². The number of carbonyl (C=O) groups is 1. The van der Waals surface area contributed by atoms with Crippen LogP contribution in [0.25, 0.3) is 10.6 Å². The number of aromatic nitrogens is 3. The summed E-state index contributed by atoms with van der Waals surface area (Å²) in [6.07, 6.45) is 7.65. The van der Waals surface area contributed by atoms with Crippen LogP contribution in [-0.4, -0.2) is 44.7 Å². The number of nitrogens with two attached hydrogens (primary N) is 2. The van der Waals surface area contributed by atoms with Gasteiger partial charge in [-0.1, -0.05) is 19.8 Å². The van der Waals surface area contributed by atoms with E-state index in [1.807, 2.05) is 32.0 Å². The van der Waals surface area contributed by atoms with Gasteiger partial charge in [-0.3, -0.25) is 4.79 Å². The van der Waals surface area contributed by atoms with Gasteiger partial charge >= 0.3 is 0 Å². The first-order valence-corrected chi connectivity index (χ1v) is 12.3. The van der Waals surface area contributed by atoms with Gasteiger partial charge in [-0.15, -0.1) is 11.3 Å². The summed E-state index contributed by atoms with van der Waals surface area (Å²) in [4.78, 5) is 26.4. The number of primary amides is 1. The fraction of sp³-hybridized carbons (Fsp3) is 0.417. The largest absolute Gasteiger partial charge is 0.396 e. The second-order valence-electron chi connectivity index (χ2n) is 8.87. The van der Waals surface area contributed by atoms with Crippen molar-refractivity contribution in [1.29, 1.82) is 0 Å². The Balaban J connectivity index is 1.62. The fourth-order valence-electron chi connectivity index (χ4n) is 4.10. The van der Waals surface area contributed by atoms with E-state index in [0.717, 1.165) is 52.5 Å². The number of hydrogen-bond donors (Lipinski definition) is 5. The summed E-state index contributed by atoms with van der Waals surface area (Å²) in [5.41, 5.74) is 15.0. The Morgan fingerprint density at radius 3 is 2.76 bits per heavy atom. The van der Waals surface area contributed by atoms with Crippen LogP contribution < -0.4 is 22.1 Å². The van der Waals surface area contributed by atoms with E-state index < -0.39 is 5.91 Å². The summed E-state index contributed by atoms with van der Waals surface area (Å²) in [6.45, 7) is 3.95. The first-order chi connectivity index (χ1) is 16.3. The zero-order valence-corrected chi connectivity index (χ0v) is 20.2. The molecule has 1 aliphatic rings. The number of thiazole rings is 1. The van der Waals surface area contributed by atoms with Crippen molar-refractivity contribution in [3.63, 3.8) is 0 Å². The van der Waals surface area contributed by atoms with Crippen molar-refractivity contribution in [1.82, 2.24) is 15.0 Å². The number of nitrogens with one attached hydrogen (secondary N) is 2. The maximum atomic E-state index is 12.0. The van der Waals surface area contributed by atoms with Gasteiger partial charge in [0.25, 0.3) is 5.91 Å². The predicted octanol–water partition coefficient (Wildman–Crippen LogP) is 3.53. The lowest BCUT2D eigenvalue weighted by Crippen LogP contribution is -2.42. The van der Waals surface area contributed by atoms with E-state index in [2.05, 4.69) is 20.6 Å². The summed E-state index contributed by atoms with van der Waals surface area (Å²) in [5.74, 6) is -0.0877. The molecular weight excluding hydrogens is 450 g/mol. The lowest BCUT2D eigenvalue weighted by Gasteiger charge is -2.30. The Hall–Kier alpha value is -3.08. The van der Waals surface area contributed by atoms with Crippen LogP contribution in [0.4, 0.5) is 17.2 Å². The predicted molar refractivity (Wildman–Crippen MR) is 135 cm³/mol. The smallest absolute Gasteiger partial charge is 0.269 e. The van der Waals surface area contributed by atoms with Gasteiger partial charge in [0.1, 0.15) is 5.82 Å². The van der Waals surface area contributed by atoms with Crippen LogP contribution in [0.15, 0.2) is 30.6 Å². The van der Waals surface area contributed by atoms with Gasteiger partial charge in [-0.05, 0) is 43.5 Å². The third kappa shape index (κ3) is 5.52. The molecule has 9 nitrogen and oxygen atoms in total. The summed E-state index contributed by atoms with van der Waals surface area (Å²) in [5, 5.41) is 17.0. The summed E-state index contributed by atoms with van der Waals surface area (Å²) in [7, 11) is 0. The van der Waals surface area contributed by atoms with Gasteiger partial charge in [0, 0.05) is 24.2 Å². The normalized spacial score (nSPS) is 18.9. The molecule has 3 atom stereocenters. The summed E-state index contributed by atoms with van der Waals surface area (Å²) >= 11 is 1.50. The summed E-state index contributed by atoms with van der Waals surface area (Å²) in [6, 6.07) is 5.94. The molecule has 0 bridgehead atoms. The van der Waals surface area contributed by atoms with Gasteiger partial charge in [0.2, 0.25) is 0 Å². The second kappa shape index (κ2) is 10.5. The highest BCUT2D eigenvalue weighted by Gasteiger charge is 2.22. The Morgan fingerprint density at radius 2 is 2.03 bits per heavy atom. The maximum Gasteiger partial charge on any atom is 0.269 e. The fourth-order valence-corrected chi connectivity index (χ4v) is 5.02. The van der Waals surface area contributed by atoms with E-state index >= 15 is 0 Å². The van der Waals surface area contributed by atoms with E-state index in [9.17, 15) is 9.90 Å². The van der Waals surface area contributed by atoms with Gasteiger partial charge in [-0.25, -0.2) is 15.0 Å². The minimum atomic E-state index is -0.624. The molecule has 7 N–H and O–H groups in total. The average molecular weight is 482 g/mol. The Morgan fingerprint density at radius 1 is 1.24 bits per heavy atom. The van der Waals surface area contributed by atoms with Crippen LogP contribution in [0, 0.1) is 6.92 Å². The van der Waals surface area contributed by atoms with Crippen LogP contribution in [0.1, 0.15) is 59.6 Å². The molecule has 1 saturated carbocycles. The number of amides is 1. The number of anilines is 3. The number of rotatable bonds is 8. The number of carbonyl (C=O) groups excluding carboxylic acids is 1. The van der Waals surface area contributed by atoms with Crippen molar-refractivity contribution in [2.24, 2.45) is 11.5 Å². The molecule has 10 heteroatoms. The van der Waals surface area contributed by atoms with Crippen molar-refractivity contribution >= 4 is 34.4 Å². The number of nitrogens with zero attached hydrogens (tertiary/aromatic N) is 3. The highest BCUT2D eigenvalue weighted by atomic mass is 32.1. The molecule has 34 heavy (non-hydrogen) atoms. The van der Waals surface area contributed by atoms with Crippen molar-refractivity contribution in [2.75, 3.05) is 17.2 Å². The highest BCUT2D eigenvalue weighted by molar-refractivity contribution is 7.15. The molecule has 0 aromatic carbocycles. The third-order valence-electron chi connectivity index (χ3n) is 6.00. The molecular formula is C24H31N7O2S. The molecule has 0 aliphatic heterocycles. The molecule has 0 saturated heterocycles. The van der Waals surface area contributed by atoms with E-state index in [0.29, 0.717) is 11.5 Å². The van der Waals surface area contributed by atoms with Crippen molar-refractivity contribution in [2.45, 2.75) is 57.5 Å². The average Bonchev–Trinajstić information content (AvgIpc) is 3.30. The van der Waals surface area contributed by atoms with Crippen molar-refractivity contribution in [3.8, 4) is 10.6 Å². The van der Waals surface area contributed by atoms with Gasteiger partial charge in [0.15, 0.2) is 5.69 Å². The minimum Gasteiger partial charge on any atom is -0.396 e. The number of aliphatic hydroxyl groups is 1. The topological polar surface area (TPSA) is 152 Å². The second-order valence-corrected chi connectivity index (χ2v) is 9.93. The van der Waals surface area contributed by atoms with Crippen LogP contribution in [0.3, 0.4) is 0 Å². The lowest BCUT2D eigenvalue weighted by atomic mass is 9.91. The molecule has 1 fully saturated rings. The standard InChI is InChI=1S/C24H31N7O2S/c1-13-7-18(20-11-28-24(34-20)14(2)12-32)30-21(8-13)31-19-9-15(10-27-22(19)23(26)33)29-17-6-4-3-5-16(17)25/h7-11,14,16-17,29,32H,3-6,12,25H2,1-2H3,(H2,26,33)(H,30,31)/t14?,16-,17+/m0/s1.